The Balaban J connectivity index is 2.33. The van der Waals surface area contributed by atoms with Gasteiger partial charge in [0.15, 0.2) is 0 Å². The molecule has 25 heavy (non-hydrogen) atoms. The van der Waals surface area contributed by atoms with E-state index >= 15 is 0 Å². The Morgan fingerprint density at radius 2 is 1.52 bits per heavy atom. The zero-order valence-corrected chi connectivity index (χ0v) is 12.8. The molecule has 0 unspecified atom stereocenters. The minimum absolute atomic E-state index is 0.0323. The van der Waals surface area contributed by atoms with E-state index in [1.165, 1.54) is 0 Å². The van der Waals surface area contributed by atoms with Crippen LogP contribution in [-0.4, -0.2) is 11.9 Å². The predicted octanol–water partition coefficient (Wildman–Crippen LogP) is 4.54. The van der Waals surface area contributed by atoms with Crippen LogP contribution in [0.2, 0.25) is 0 Å². The van der Waals surface area contributed by atoms with Crippen LogP contribution < -0.4 is 5.32 Å². The maximum Gasteiger partial charge on any atom is 0.416 e. The number of alkyl halides is 6. The topological polar surface area (TPSA) is 52.9 Å². The Hall–Kier alpha value is -2.24. The largest absolute Gasteiger partial charge is 0.416 e. The lowest BCUT2D eigenvalue weighted by Crippen LogP contribution is -2.41. The van der Waals surface area contributed by atoms with Crippen LogP contribution in [-0.2, 0) is 12.4 Å². The molecule has 1 aliphatic carbocycles. The number of amides is 1. The molecule has 1 aliphatic rings. The van der Waals surface area contributed by atoms with Gasteiger partial charge >= 0.3 is 12.4 Å². The van der Waals surface area contributed by atoms with Crippen LogP contribution >= 0.6 is 0 Å². The molecule has 1 aromatic carbocycles. The van der Waals surface area contributed by atoms with E-state index in [1.54, 1.807) is 0 Å². The number of benzene rings is 1. The lowest BCUT2D eigenvalue weighted by molar-refractivity contribution is -0.143. The van der Waals surface area contributed by atoms with Gasteiger partial charge in [0.25, 0.3) is 5.91 Å². The number of carbonyl (C=O) groups excluding carboxylic acids is 1. The van der Waals surface area contributed by atoms with Crippen LogP contribution in [0.1, 0.15) is 47.2 Å². The predicted molar refractivity (Wildman–Crippen MR) is 75.3 cm³/mol. The second-order valence-electron chi connectivity index (χ2n) is 5.89. The molecule has 0 radical (unpaired) electrons. The van der Waals surface area contributed by atoms with Gasteiger partial charge in [-0.2, -0.15) is 31.6 Å². The fourth-order valence-corrected chi connectivity index (χ4v) is 2.80. The summed E-state index contributed by atoms with van der Waals surface area (Å²) in [5, 5.41) is 11.4. The highest BCUT2D eigenvalue weighted by Gasteiger charge is 2.38. The second-order valence-corrected chi connectivity index (χ2v) is 5.89. The summed E-state index contributed by atoms with van der Waals surface area (Å²) >= 11 is 0. The molecule has 1 N–H and O–H groups in total. The van der Waals surface area contributed by atoms with Crippen molar-refractivity contribution in [1.29, 1.82) is 5.26 Å². The highest BCUT2D eigenvalue weighted by Crippen LogP contribution is 2.36. The van der Waals surface area contributed by atoms with E-state index in [2.05, 4.69) is 5.32 Å². The zero-order chi connectivity index (χ0) is 18.8. The van der Waals surface area contributed by atoms with E-state index in [1.807, 2.05) is 6.07 Å². The van der Waals surface area contributed by atoms with Gasteiger partial charge in [-0.15, -0.1) is 0 Å². The number of nitriles is 1. The summed E-state index contributed by atoms with van der Waals surface area (Å²) in [4.78, 5) is 12.2. The smallest absolute Gasteiger partial charge is 0.348 e. The van der Waals surface area contributed by atoms with Crippen molar-refractivity contribution in [3.63, 3.8) is 0 Å². The first kappa shape index (κ1) is 19.1. The van der Waals surface area contributed by atoms with Gasteiger partial charge in [0.2, 0.25) is 0 Å². The minimum Gasteiger partial charge on any atom is -0.348 e. The highest BCUT2D eigenvalue weighted by molar-refractivity contribution is 5.95. The third-order valence-electron chi connectivity index (χ3n) is 4.10. The monoisotopic (exact) mass is 364 g/mol. The first-order chi connectivity index (χ1) is 11.5. The molecule has 0 spiro atoms. The van der Waals surface area contributed by atoms with Crippen molar-refractivity contribution in [2.75, 3.05) is 0 Å². The van der Waals surface area contributed by atoms with Crippen molar-refractivity contribution in [3.8, 4) is 6.07 Å². The number of carbonyl (C=O) groups is 1. The van der Waals surface area contributed by atoms with Gasteiger partial charge in [0.1, 0.15) is 0 Å². The average Bonchev–Trinajstić information content (AvgIpc) is 2.53. The first-order valence-electron chi connectivity index (χ1n) is 7.52. The van der Waals surface area contributed by atoms with E-state index in [-0.39, 0.29) is 6.07 Å². The van der Waals surface area contributed by atoms with Crippen molar-refractivity contribution in [2.24, 2.45) is 5.92 Å². The molecule has 2 rings (SSSR count). The molecule has 0 saturated heterocycles. The van der Waals surface area contributed by atoms with Crippen LogP contribution in [0.3, 0.4) is 0 Å². The van der Waals surface area contributed by atoms with Gasteiger partial charge in [-0.3, -0.25) is 4.79 Å². The molecule has 0 aromatic heterocycles. The van der Waals surface area contributed by atoms with Crippen molar-refractivity contribution in [2.45, 2.75) is 44.1 Å². The molecule has 0 aliphatic heterocycles. The Labute approximate surface area is 139 Å². The fraction of sp³-hybridized carbons (Fsp3) is 0.500. The number of rotatable bonds is 2. The van der Waals surface area contributed by atoms with E-state index in [9.17, 15) is 31.1 Å². The maximum absolute atomic E-state index is 12.8. The van der Waals surface area contributed by atoms with Crippen LogP contribution in [0.15, 0.2) is 18.2 Å². The summed E-state index contributed by atoms with van der Waals surface area (Å²) < 4.78 is 77.0. The SMILES string of the molecule is N#C[C@H]1CCCC[C@@H]1NC(=O)c1cc(C(F)(F)F)cc(C(F)(F)F)c1. The average molecular weight is 364 g/mol. The summed E-state index contributed by atoms with van der Waals surface area (Å²) in [5.41, 5.74) is -3.83. The molecule has 1 amide bonds. The van der Waals surface area contributed by atoms with Gasteiger partial charge in [-0.05, 0) is 31.0 Å². The van der Waals surface area contributed by atoms with Crippen molar-refractivity contribution in [3.05, 3.63) is 34.9 Å². The number of halogens is 6. The molecular weight excluding hydrogens is 350 g/mol. The van der Waals surface area contributed by atoms with Crippen LogP contribution in [0.5, 0.6) is 0 Å². The highest BCUT2D eigenvalue weighted by atomic mass is 19.4. The van der Waals surface area contributed by atoms with Gasteiger partial charge in [0.05, 0.1) is 23.1 Å². The Kier molecular flexibility index (Phi) is 5.30. The Morgan fingerprint density at radius 3 is 2.00 bits per heavy atom. The van der Waals surface area contributed by atoms with Crippen LogP contribution in [0.25, 0.3) is 0 Å². The molecule has 9 heteroatoms. The number of nitrogens with zero attached hydrogens (tertiary/aromatic N) is 1. The standard InChI is InChI=1S/C16H14F6N2O/c17-15(18,19)11-5-10(6-12(7-11)16(20,21)22)14(25)24-13-4-2-1-3-9(13)8-23/h5-7,9,13H,1-4H2,(H,24,25)/t9-,13+/m1/s1. The Bertz CT molecular complexity index is 657. The molecule has 1 fully saturated rings. The lowest BCUT2D eigenvalue weighted by atomic mass is 9.85. The Morgan fingerprint density at radius 1 is 1.00 bits per heavy atom. The zero-order valence-electron chi connectivity index (χ0n) is 12.8. The minimum atomic E-state index is -5.02. The summed E-state index contributed by atoms with van der Waals surface area (Å²) in [6, 6.07) is 2.15. The van der Waals surface area contributed by atoms with Crippen molar-refractivity contribution in [1.82, 2.24) is 5.32 Å². The molecule has 1 saturated carbocycles. The molecule has 0 heterocycles. The second kappa shape index (κ2) is 6.94. The molecule has 1 aromatic rings. The van der Waals surface area contributed by atoms with E-state index in [4.69, 9.17) is 5.26 Å². The summed E-state index contributed by atoms with van der Waals surface area (Å²) in [6.07, 6.45) is -7.55. The fourth-order valence-electron chi connectivity index (χ4n) is 2.80. The van der Waals surface area contributed by atoms with E-state index in [0.29, 0.717) is 25.0 Å². The summed E-state index contributed by atoms with van der Waals surface area (Å²) in [5.74, 6) is -1.56. The first-order valence-corrected chi connectivity index (χ1v) is 7.52. The van der Waals surface area contributed by atoms with Crippen LogP contribution in [0, 0.1) is 17.2 Å². The molecule has 136 valence electrons. The quantitative estimate of drug-likeness (QED) is 0.784. The molecule has 3 nitrogen and oxygen atoms in total. The maximum atomic E-state index is 12.8. The third kappa shape index (κ3) is 4.65. The van der Waals surface area contributed by atoms with Gasteiger partial charge in [0, 0.05) is 11.6 Å². The normalized spacial score (nSPS) is 21.5. The van der Waals surface area contributed by atoms with Gasteiger partial charge in [-0.1, -0.05) is 12.8 Å². The lowest BCUT2D eigenvalue weighted by Gasteiger charge is -2.27. The molecular formula is C16H14F6N2O. The van der Waals surface area contributed by atoms with Gasteiger partial charge in [-0.25, -0.2) is 0 Å². The summed E-state index contributed by atoms with van der Waals surface area (Å²) in [7, 11) is 0. The number of hydrogen-bond acceptors (Lipinski definition) is 2. The number of nitrogens with one attached hydrogen (secondary N) is 1. The molecule has 0 bridgehead atoms. The van der Waals surface area contributed by atoms with Crippen molar-refractivity contribution >= 4 is 5.91 Å². The van der Waals surface area contributed by atoms with E-state index in [0.717, 1.165) is 12.8 Å². The summed E-state index contributed by atoms with van der Waals surface area (Å²) in [6.45, 7) is 0. The number of hydrogen-bond donors (Lipinski definition) is 1. The third-order valence-corrected chi connectivity index (χ3v) is 4.10. The van der Waals surface area contributed by atoms with Crippen molar-refractivity contribution < 1.29 is 31.1 Å². The van der Waals surface area contributed by atoms with E-state index < -0.39 is 46.9 Å². The molecule has 2 atom stereocenters. The van der Waals surface area contributed by atoms with Gasteiger partial charge < -0.3 is 5.32 Å². The van der Waals surface area contributed by atoms with Crippen LogP contribution in [0.4, 0.5) is 26.3 Å².